The molecule has 0 saturated heterocycles. The summed E-state index contributed by atoms with van der Waals surface area (Å²) in [5.41, 5.74) is 4.12. The number of nitrogens with zero attached hydrogens (tertiary/aromatic N) is 5. The molecule has 4 heterocycles. The molecule has 0 fully saturated rings. The Kier molecular flexibility index (Phi) is 5.14. The number of pyridine rings is 1. The molecule has 0 bridgehead atoms. The Bertz CT molecular complexity index is 1260. The number of fused-ring (bicyclic) bond motifs is 1. The first-order valence-electron chi connectivity index (χ1n) is 9.61. The fourth-order valence-corrected chi connectivity index (χ4v) is 4.37. The zero-order valence-corrected chi connectivity index (χ0v) is 17.4. The van der Waals surface area contributed by atoms with Crippen molar-refractivity contribution in [2.45, 2.75) is 6.42 Å². The van der Waals surface area contributed by atoms with Gasteiger partial charge in [0, 0.05) is 17.3 Å². The largest absolute Gasteiger partial charge is 0.479 e. The van der Waals surface area contributed by atoms with Crippen molar-refractivity contribution in [1.29, 1.82) is 0 Å². The van der Waals surface area contributed by atoms with Crippen molar-refractivity contribution in [2.24, 2.45) is 0 Å². The van der Waals surface area contributed by atoms with Gasteiger partial charge in [-0.3, -0.25) is 10.1 Å². The van der Waals surface area contributed by atoms with Crippen molar-refractivity contribution < 1.29 is 14.3 Å². The molecule has 10 heteroatoms. The Morgan fingerprint density at radius 1 is 1.29 bits per heavy atom. The number of thiazole rings is 1. The van der Waals surface area contributed by atoms with Crippen molar-refractivity contribution in [1.82, 2.24) is 25.0 Å². The summed E-state index contributed by atoms with van der Waals surface area (Å²) in [6, 6.07) is 7.09. The molecule has 1 amide bonds. The van der Waals surface area contributed by atoms with Crippen molar-refractivity contribution >= 4 is 38.2 Å². The molecule has 1 aliphatic heterocycles. The second-order valence-corrected chi connectivity index (χ2v) is 7.78. The van der Waals surface area contributed by atoms with Gasteiger partial charge in [0.05, 0.1) is 43.1 Å². The van der Waals surface area contributed by atoms with Gasteiger partial charge in [-0.25, -0.2) is 14.6 Å². The quantitative estimate of drug-likeness (QED) is 0.514. The zero-order valence-electron chi connectivity index (χ0n) is 16.6. The number of benzene rings is 1. The molecule has 31 heavy (non-hydrogen) atoms. The Morgan fingerprint density at radius 3 is 2.87 bits per heavy atom. The molecule has 0 saturated carbocycles. The molecule has 0 atom stereocenters. The van der Waals surface area contributed by atoms with Crippen molar-refractivity contribution in [3.05, 3.63) is 60.1 Å². The number of nitrogens with one attached hydrogen (secondary N) is 1. The number of amides is 1. The predicted molar refractivity (Wildman–Crippen MR) is 117 cm³/mol. The summed E-state index contributed by atoms with van der Waals surface area (Å²) in [6.45, 7) is 1.25. The number of hydrogen-bond donors (Lipinski definition) is 1. The lowest BCUT2D eigenvalue weighted by Crippen LogP contribution is -2.11. The molecule has 0 spiro atoms. The first kappa shape index (κ1) is 19.3. The number of aromatic nitrogens is 5. The van der Waals surface area contributed by atoms with Crippen LogP contribution in [0.25, 0.3) is 21.5 Å². The van der Waals surface area contributed by atoms with Crippen LogP contribution in [0.1, 0.15) is 22.3 Å². The first-order chi connectivity index (χ1) is 15.2. The van der Waals surface area contributed by atoms with E-state index in [1.165, 1.54) is 11.3 Å². The summed E-state index contributed by atoms with van der Waals surface area (Å²) >= 11 is 1.40. The van der Waals surface area contributed by atoms with Crippen LogP contribution in [0.3, 0.4) is 0 Å². The van der Waals surface area contributed by atoms with Gasteiger partial charge in [0.25, 0.3) is 5.91 Å². The van der Waals surface area contributed by atoms with Crippen LogP contribution in [0.2, 0.25) is 0 Å². The lowest BCUT2D eigenvalue weighted by Gasteiger charge is -2.14. The van der Waals surface area contributed by atoms with Crippen LogP contribution in [-0.4, -0.2) is 51.2 Å². The summed E-state index contributed by atoms with van der Waals surface area (Å²) in [5.74, 6) is 0.184. The number of carbonyl (C=O) groups is 1. The van der Waals surface area contributed by atoms with Crippen molar-refractivity contribution in [3.63, 3.8) is 0 Å². The van der Waals surface area contributed by atoms with E-state index in [1.807, 2.05) is 12.1 Å². The normalized spacial score (nSPS) is 13.8. The van der Waals surface area contributed by atoms with Crippen LogP contribution < -0.4 is 10.1 Å². The number of ether oxygens (including phenoxy) is 2. The van der Waals surface area contributed by atoms with Gasteiger partial charge in [-0.1, -0.05) is 22.6 Å². The second-order valence-electron chi connectivity index (χ2n) is 6.78. The van der Waals surface area contributed by atoms with Gasteiger partial charge in [-0.2, -0.15) is 0 Å². The van der Waals surface area contributed by atoms with E-state index < -0.39 is 0 Å². The monoisotopic (exact) mass is 434 g/mol. The van der Waals surface area contributed by atoms with Gasteiger partial charge in [0.2, 0.25) is 5.88 Å². The minimum absolute atomic E-state index is 0.247. The highest BCUT2D eigenvalue weighted by Gasteiger charge is 2.19. The van der Waals surface area contributed by atoms with E-state index in [4.69, 9.17) is 9.47 Å². The zero-order chi connectivity index (χ0) is 21.2. The molecule has 4 aromatic rings. The lowest BCUT2D eigenvalue weighted by molar-refractivity contribution is 0.102. The summed E-state index contributed by atoms with van der Waals surface area (Å²) in [7, 11) is 1.56. The molecule has 0 radical (unpaired) electrons. The topological polar surface area (TPSA) is 104 Å². The van der Waals surface area contributed by atoms with Crippen LogP contribution >= 0.6 is 11.3 Å². The maximum absolute atomic E-state index is 12.8. The molecule has 9 nitrogen and oxygen atoms in total. The third-order valence-corrected chi connectivity index (χ3v) is 5.93. The predicted octanol–water partition coefficient (Wildman–Crippen LogP) is 3.34. The molecule has 3 aromatic heterocycles. The van der Waals surface area contributed by atoms with Gasteiger partial charge < -0.3 is 9.47 Å². The summed E-state index contributed by atoms with van der Waals surface area (Å²) in [4.78, 5) is 21.8. The molecular weight excluding hydrogens is 416 g/mol. The Hall–Kier alpha value is -3.63. The van der Waals surface area contributed by atoms with E-state index in [9.17, 15) is 4.79 Å². The van der Waals surface area contributed by atoms with E-state index in [0.717, 1.165) is 27.9 Å². The van der Waals surface area contributed by atoms with E-state index in [1.54, 1.807) is 42.5 Å². The van der Waals surface area contributed by atoms with Crippen molar-refractivity contribution in [2.75, 3.05) is 25.6 Å². The summed E-state index contributed by atoms with van der Waals surface area (Å²) in [5, 5.41) is 11.1. The molecule has 5 rings (SSSR count). The van der Waals surface area contributed by atoms with E-state index >= 15 is 0 Å². The summed E-state index contributed by atoms with van der Waals surface area (Å²) < 4.78 is 13.4. The molecule has 0 unspecified atom stereocenters. The number of anilines is 1. The molecule has 156 valence electrons. The van der Waals surface area contributed by atoms with Gasteiger partial charge in [-0.15, -0.1) is 5.10 Å². The van der Waals surface area contributed by atoms with Crippen LogP contribution in [0.4, 0.5) is 5.13 Å². The van der Waals surface area contributed by atoms with Crippen molar-refractivity contribution in [3.8, 4) is 11.6 Å². The van der Waals surface area contributed by atoms with Crippen LogP contribution in [-0.2, 0) is 4.74 Å². The van der Waals surface area contributed by atoms with Gasteiger partial charge in [0.1, 0.15) is 5.52 Å². The van der Waals surface area contributed by atoms with Crippen LogP contribution in [0.5, 0.6) is 5.88 Å². The average Bonchev–Trinajstić information content (AvgIpc) is 3.49. The maximum Gasteiger partial charge on any atom is 0.257 e. The summed E-state index contributed by atoms with van der Waals surface area (Å²) in [6.07, 6.45) is 8.00. The van der Waals surface area contributed by atoms with E-state index in [2.05, 4.69) is 31.7 Å². The third-order valence-electron chi connectivity index (χ3n) is 4.92. The number of carbonyl (C=O) groups excluding carboxylic acids is 1. The maximum atomic E-state index is 12.8. The number of methoxy groups -OCH3 is 1. The minimum Gasteiger partial charge on any atom is -0.479 e. The number of rotatable bonds is 5. The average molecular weight is 434 g/mol. The smallest absolute Gasteiger partial charge is 0.257 e. The van der Waals surface area contributed by atoms with Gasteiger partial charge in [0.15, 0.2) is 5.13 Å². The second kappa shape index (κ2) is 8.25. The molecule has 1 aromatic carbocycles. The minimum atomic E-state index is -0.247. The lowest BCUT2D eigenvalue weighted by atomic mass is 10.0. The molecule has 0 aliphatic carbocycles. The van der Waals surface area contributed by atoms with Crippen LogP contribution in [0.15, 0.2) is 48.9 Å². The third kappa shape index (κ3) is 3.78. The van der Waals surface area contributed by atoms with E-state index in [0.29, 0.717) is 35.3 Å². The fourth-order valence-electron chi connectivity index (χ4n) is 3.37. The SMILES string of the molecule is COc1ncc(C2=CCOCC2)c2sc(NC(=O)c3ccc(-n4ccnn4)cc3)nc12. The standard InChI is InChI=1S/C21H18N6O3S/c1-29-20-17-18(16(12-22-20)13-6-10-30-11-7-13)31-21(24-17)25-19(28)14-2-4-15(5-3-14)27-9-8-23-26-27/h2-6,8-9,12H,7,10-11H2,1H3,(H,24,25,28). The molecular formula is C21H18N6O3S. The van der Waals surface area contributed by atoms with Gasteiger partial charge in [-0.05, 0) is 36.3 Å². The first-order valence-corrected chi connectivity index (χ1v) is 10.4. The Morgan fingerprint density at radius 2 is 2.16 bits per heavy atom. The highest BCUT2D eigenvalue weighted by atomic mass is 32.1. The highest BCUT2D eigenvalue weighted by molar-refractivity contribution is 7.22. The molecule has 1 aliphatic rings. The fraction of sp³-hybridized carbons (Fsp3) is 0.190. The van der Waals surface area contributed by atoms with Crippen LogP contribution in [0, 0.1) is 0 Å². The highest BCUT2D eigenvalue weighted by Crippen LogP contribution is 2.37. The van der Waals surface area contributed by atoms with Gasteiger partial charge >= 0.3 is 0 Å². The van der Waals surface area contributed by atoms with E-state index in [-0.39, 0.29) is 5.91 Å². The number of hydrogen-bond acceptors (Lipinski definition) is 8. The Labute approximate surface area is 181 Å². The Balaban J connectivity index is 1.43. The molecule has 1 N–H and O–H groups in total.